The van der Waals surface area contributed by atoms with Crippen LogP contribution in [0.15, 0.2) is 30.3 Å². The standard InChI is InChI=1S/C18H25N3O2/c22-17(13-15-5-2-1-3-6-15)21-10-4-7-16(14-21)18(23)20-11-8-19-9-12-20/h1-3,5-6,16,19H,4,7-14H2. The summed E-state index contributed by atoms with van der Waals surface area (Å²) in [6.07, 6.45) is 2.25. The van der Waals surface area contributed by atoms with Gasteiger partial charge in [0.15, 0.2) is 0 Å². The number of nitrogens with zero attached hydrogens (tertiary/aromatic N) is 2. The van der Waals surface area contributed by atoms with Crippen molar-refractivity contribution in [2.24, 2.45) is 5.92 Å². The molecule has 0 aromatic heterocycles. The molecule has 5 heteroatoms. The van der Waals surface area contributed by atoms with Gasteiger partial charge in [0.05, 0.1) is 12.3 Å². The Balaban J connectivity index is 1.57. The molecule has 124 valence electrons. The molecule has 2 aliphatic heterocycles. The van der Waals surface area contributed by atoms with E-state index >= 15 is 0 Å². The number of amides is 2. The molecule has 1 unspecified atom stereocenters. The summed E-state index contributed by atoms with van der Waals surface area (Å²) >= 11 is 0. The van der Waals surface area contributed by atoms with Crippen LogP contribution in [0.2, 0.25) is 0 Å². The number of piperazine rings is 1. The van der Waals surface area contributed by atoms with Crippen LogP contribution < -0.4 is 5.32 Å². The molecule has 2 fully saturated rings. The van der Waals surface area contributed by atoms with E-state index in [1.807, 2.05) is 40.1 Å². The molecule has 5 nitrogen and oxygen atoms in total. The van der Waals surface area contributed by atoms with Crippen molar-refractivity contribution in [2.45, 2.75) is 19.3 Å². The largest absolute Gasteiger partial charge is 0.342 e. The molecule has 3 rings (SSSR count). The van der Waals surface area contributed by atoms with Crippen molar-refractivity contribution in [3.05, 3.63) is 35.9 Å². The number of carbonyl (C=O) groups excluding carboxylic acids is 2. The van der Waals surface area contributed by atoms with E-state index in [1.165, 1.54) is 0 Å². The lowest BCUT2D eigenvalue weighted by atomic mass is 9.95. The van der Waals surface area contributed by atoms with E-state index in [1.54, 1.807) is 0 Å². The number of piperidine rings is 1. The first kappa shape index (κ1) is 16.0. The minimum atomic E-state index is -0.0263. The van der Waals surface area contributed by atoms with Gasteiger partial charge in [-0.15, -0.1) is 0 Å². The zero-order valence-corrected chi connectivity index (χ0v) is 13.5. The predicted octanol–water partition coefficient (Wildman–Crippen LogP) is 0.900. The lowest BCUT2D eigenvalue weighted by Crippen LogP contribution is -2.52. The highest BCUT2D eigenvalue weighted by molar-refractivity contribution is 5.82. The molecule has 2 aliphatic rings. The van der Waals surface area contributed by atoms with E-state index in [0.29, 0.717) is 13.0 Å². The Kier molecular flexibility index (Phi) is 5.28. The van der Waals surface area contributed by atoms with Gasteiger partial charge in [0.1, 0.15) is 0 Å². The third-order valence-electron chi connectivity index (χ3n) is 4.75. The van der Waals surface area contributed by atoms with Crippen LogP contribution in [0, 0.1) is 5.92 Å². The molecule has 2 amide bonds. The van der Waals surface area contributed by atoms with Gasteiger partial charge < -0.3 is 15.1 Å². The number of likely N-dealkylation sites (tertiary alicyclic amines) is 1. The maximum Gasteiger partial charge on any atom is 0.227 e. The van der Waals surface area contributed by atoms with Crippen LogP contribution in [0.4, 0.5) is 0 Å². The Morgan fingerprint density at radius 3 is 2.52 bits per heavy atom. The Hall–Kier alpha value is -1.88. The summed E-state index contributed by atoms with van der Waals surface area (Å²) in [7, 11) is 0. The average Bonchev–Trinajstić information content (AvgIpc) is 2.63. The molecule has 1 atom stereocenters. The molecule has 0 saturated carbocycles. The minimum Gasteiger partial charge on any atom is -0.342 e. The monoisotopic (exact) mass is 315 g/mol. The van der Waals surface area contributed by atoms with Gasteiger partial charge in [-0.2, -0.15) is 0 Å². The molecule has 2 heterocycles. The fourth-order valence-corrected chi connectivity index (χ4v) is 3.43. The number of hydrogen-bond donors (Lipinski definition) is 1. The van der Waals surface area contributed by atoms with Crippen molar-refractivity contribution in [2.75, 3.05) is 39.3 Å². The van der Waals surface area contributed by atoms with Gasteiger partial charge >= 0.3 is 0 Å². The molecule has 0 bridgehead atoms. The minimum absolute atomic E-state index is 0.0263. The summed E-state index contributed by atoms with van der Waals surface area (Å²) in [4.78, 5) is 29.0. The van der Waals surface area contributed by atoms with Gasteiger partial charge in [-0.3, -0.25) is 9.59 Å². The number of rotatable bonds is 3. The average molecular weight is 315 g/mol. The fourth-order valence-electron chi connectivity index (χ4n) is 3.43. The normalized spacial score (nSPS) is 22.0. The predicted molar refractivity (Wildman–Crippen MR) is 88.9 cm³/mol. The van der Waals surface area contributed by atoms with E-state index in [-0.39, 0.29) is 17.7 Å². The third kappa shape index (κ3) is 4.10. The first-order chi connectivity index (χ1) is 11.2. The molecular weight excluding hydrogens is 290 g/mol. The second-order valence-corrected chi connectivity index (χ2v) is 6.42. The van der Waals surface area contributed by atoms with Gasteiger partial charge in [-0.1, -0.05) is 30.3 Å². The zero-order valence-electron chi connectivity index (χ0n) is 13.5. The first-order valence-corrected chi connectivity index (χ1v) is 8.55. The molecule has 2 saturated heterocycles. The molecule has 1 aromatic rings. The number of benzene rings is 1. The molecule has 0 spiro atoms. The van der Waals surface area contributed by atoms with E-state index < -0.39 is 0 Å². The van der Waals surface area contributed by atoms with Crippen molar-refractivity contribution in [3.8, 4) is 0 Å². The lowest BCUT2D eigenvalue weighted by molar-refractivity contribution is -0.141. The Bertz CT molecular complexity index is 540. The first-order valence-electron chi connectivity index (χ1n) is 8.55. The Labute approximate surface area is 137 Å². The molecule has 1 N–H and O–H groups in total. The zero-order chi connectivity index (χ0) is 16.1. The van der Waals surface area contributed by atoms with E-state index in [0.717, 1.165) is 51.1 Å². The molecule has 0 aliphatic carbocycles. The maximum atomic E-state index is 12.6. The quantitative estimate of drug-likeness (QED) is 0.902. The van der Waals surface area contributed by atoms with Gasteiger partial charge in [0, 0.05) is 39.3 Å². The summed E-state index contributed by atoms with van der Waals surface area (Å²) < 4.78 is 0. The molecule has 1 aromatic carbocycles. The summed E-state index contributed by atoms with van der Waals surface area (Å²) in [5.74, 6) is 0.333. The van der Waals surface area contributed by atoms with Crippen LogP contribution >= 0.6 is 0 Å². The number of hydrogen-bond acceptors (Lipinski definition) is 3. The molecule has 23 heavy (non-hydrogen) atoms. The van der Waals surface area contributed by atoms with Crippen molar-refractivity contribution >= 4 is 11.8 Å². The Morgan fingerprint density at radius 1 is 1.04 bits per heavy atom. The van der Waals surface area contributed by atoms with Gasteiger partial charge in [-0.05, 0) is 18.4 Å². The van der Waals surface area contributed by atoms with Crippen LogP contribution in [0.1, 0.15) is 18.4 Å². The second-order valence-electron chi connectivity index (χ2n) is 6.42. The summed E-state index contributed by atoms with van der Waals surface area (Å²) in [5, 5.41) is 3.27. The fraction of sp³-hybridized carbons (Fsp3) is 0.556. The molecular formula is C18H25N3O2. The van der Waals surface area contributed by atoms with Crippen molar-refractivity contribution < 1.29 is 9.59 Å². The van der Waals surface area contributed by atoms with Gasteiger partial charge in [0.2, 0.25) is 11.8 Å². The lowest BCUT2D eigenvalue weighted by Gasteiger charge is -2.36. The highest BCUT2D eigenvalue weighted by Gasteiger charge is 2.31. The van der Waals surface area contributed by atoms with E-state index in [2.05, 4.69) is 5.32 Å². The van der Waals surface area contributed by atoms with Crippen LogP contribution in [-0.4, -0.2) is 60.9 Å². The van der Waals surface area contributed by atoms with Gasteiger partial charge in [0.25, 0.3) is 0 Å². The topological polar surface area (TPSA) is 52.7 Å². The van der Waals surface area contributed by atoms with Gasteiger partial charge in [-0.25, -0.2) is 0 Å². The van der Waals surface area contributed by atoms with Crippen molar-refractivity contribution in [3.63, 3.8) is 0 Å². The Morgan fingerprint density at radius 2 is 1.78 bits per heavy atom. The highest BCUT2D eigenvalue weighted by Crippen LogP contribution is 2.20. The van der Waals surface area contributed by atoms with Crippen molar-refractivity contribution in [1.29, 1.82) is 0 Å². The van der Waals surface area contributed by atoms with Crippen LogP contribution in [0.25, 0.3) is 0 Å². The summed E-state index contributed by atoms with van der Waals surface area (Å²) in [6.45, 7) is 4.66. The molecule has 0 radical (unpaired) electrons. The third-order valence-corrected chi connectivity index (χ3v) is 4.75. The summed E-state index contributed by atoms with van der Waals surface area (Å²) in [6, 6.07) is 9.82. The SMILES string of the molecule is O=C(Cc1ccccc1)N1CCCC(C(=O)N2CCNCC2)C1. The second kappa shape index (κ2) is 7.59. The smallest absolute Gasteiger partial charge is 0.227 e. The number of nitrogens with one attached hydrogen (secondary N) is 1. The highest BCUT2D eigenvalue weighted by atomic mass is 16.2. The maximum absolute atomic E-state index is 12.6. The van der Waals surface area contributed by atoms with Crippen LogP contribution in [0.5, 0.6) is 0 Å². The van der Waals surface area contributed by atoms with Crippen molar-refractivity contribution in [1.82, 2.24) is 15.1 Å². The summed E-state index contributed by atoms with van der Waals surface area (Å²) in [5.41, 5.74) is 1.04. The van der Waals surface area contributed by atoms with Crippen LogP contribution in [0.3, 0.4) is 0 Å². The van der Waals surface area contributed by atoms with E-state index in [9.17, 15) is 9.59 Å². The number of carbonyl (C=O) groups is 2. The van der Waals surface area contributed by atoms with Crippen LogP contribution in [-0.2, 0) is 16.0 Å². The van der Waals surface area contributed by atoms with E-state index in [4.69, 9.17) is 0 Å².